The normalized spacial score (nSPS) is 12.1. The fourth-order valence-corrected chi connectivity index (χ4v) is 4.40. The molecule has 0 saturated carbocycles. The Hall–Kier alpha value is -2.76. The summed E-state index contributed by atoms with van der Waals surface area (Å²) in [5, 5.41) is 5.89. The van der Waals surface area contributed by atoms with Crippen LogP contribution in [0.5, 0.6) is 0 Å². The number of para-hydroxylation sites is 1. The standard InChI is InChI=1S/C26H27ClN2O2S/c1-26(2,3)17-23(30)28-19-12-9-13-20(16-19)32-24(18-10-5-4-6-11-18)25(31)29-22-15-8-7-14-21(22)27/h4-16,24H,17H2,1-3H3,(H,28,30)(H,29,31). The van der Waals surface area contributed by atoms with E-state index in [0.29, 0.717) is 22.8 Å². The molecule has 0 aliphatic carbocycles. The molecular formula is C26H27ClN2O2S. The smallest absolute Gasteiger partial charge is 0.242 e. The lowest BCUT2D eigenvalue weighted by Gasteiger charge is -2.19. The third kappa shape index (κ3) is 7.14. The van der Waals surface area contributed by atoms with Gasteiger partial charge in [0.2, 0.25) is 11.8 Å². The number of anilines is 2. The molecule has 2 N–H and O–H groups in total. The van der Waals surface area contributed by atoms with Gasteiger partial charge in [-0.3, -0.25) is 9.59 Å². The molecule has 166 valence electrons. The summed E-state index contributed by atoms with van der Waals surface area (Å²) < 4.78 is 0. The minimum absolute atomic E-state index is 0.0317. The van der Waals surface area contributed by atoms with Crippen LogP contribution in [0.15, 0.2) is 83.8 Å². The molecule has 3 aromatic carbocycles. The van der Waals surface area contributed by atoms with Crippen LogP contribution in [0.2, 0.25) is 5.02 Å². The highest BCUT2D eigenvalue weighted by atomic mass is 35.5. The Morgan fingerprint density at radius 1 is 0.906 bits per heavy atom. The Balaban J connectivity index is 1.80. The van der Waals surface area contributed by atoms with Crippen molar-refractivity contribution in [1.29, 1.82) is 0 Å². The molecule has 2 amide bonds. The second-order valence-corrected chi connectivity index (χ2v) is 10.3. The molecule has 0 spiro atoms. The van der Waals surface area contributed by atoms with E-state index in [9.17, 15) is 9.59 Å². The highest BCUT2D eigenvalue weighted by Crippen LogP contribution is 2.37. The van der Waals surface area contributed by atoms with E-state index in [4.69, 9.17) is 11.6 Å². The zero-order chi connectivity index (χ0) is 23.1. The van der Waals surface area contributed by atoms with Crippen molar-refractivity contribution in [3.63, 3.8) is 0 Å². The molecule has 3 aromatic rings. The molecule has 0 fully saturated rings. The molecule has 1 unspecified atom stereocenters. The van der Waals surface area contributed by atoms with Crippen LogP contribution in [0, 0.1) is 5.41 Å². The van der Waals surface area contributed by atoms with Crippen molar-refractivity contribution in [2.75, 3.05) is 10.6 Å². The molecule has 0 saturated heterocycles. The van der Waals surface area contributed by atoms with E-state index >= 15 is 0 Å². The molecule has 0 bridgehead atoms. The first-order chi connectivity index (χ1) is 15.2. The number of halogens is 1. The van der Waals surface area contributed by atoms with E-state index in [1.807, 2.05) is 87.5 Å². The number of carbonyl (C=O) groups is 2. The van der Waals surface area contributed by atoms with Gasteiger partial charge in [-0.15, -0.1) is 11.8 Å². The maximum atomic E-state index is 13.2. The second kappa shape index (κ2) is 10.7. The third-order valence-corrected chi connectivity index (χ3v) is 6.11. The first-order valence-corrected chi connectivity index (χ1v) is 11.6. The van der Waals surface area contributed by atoms with Crippen molar-refractivity contribution < 1.29 is 9.59 Å². The Bertz CT molecular complexity index is 1080. The van der Waals surface area contributed by atoms with Crippen LogP contribution in [0.3, 0.4) is 0 Å². The Morgan fingerprint density at radius 2 is 1.59 bits per heavy atom. The van der Waals surface area contributed by atoms with Gasteiger partial charge in [-0.1, -0.05) is 80.9 Å². The number of carbonyl (C=O) groups excluding carboxylic acids is 2. The Morgan fingerprint density at radius 3 is 2.28 bits per heavy atom. The Kier molecular flexibility index (Phi) is 7.99. The highest BCUT2D eigenvalue weighted by Gasteiger charge is 2.23. The molecule has 4 nitrogen and oxygen atoms in total. The predicted molar refractivity (Wildman–Crippen MR) is 134 cm³/mol. The molecule has 0 aliphatic rings. The number of rotatable bonds is 7. The van der Waals surface area contributed by atoms with E-state index in [2.05, 4.69) is 10.6 Å². The predicted octanol–water partition coefficient (Wildman–Crippen LogP) is 7.19. The van der Waals surface area contributed by atoms with Crippen molar-refractivity contribution in [3.8, 4) is 0 Å². The van der Waals surface area contributed by atoms with E-state index in [0.717, 1.165) is 10.5 Å². The summed E-state index contributed by atoms with van der Waals surface area (Å²) in [5.74, 6) is -0.202. The van der Waals surface area contributed by atoms with Gasteiger partial charge >= 0.3 is 0 Å². The van der Waals surface area contributed by atoms with Crippen molar-refractivity contribution in [2.24, 2.45) is 5.41 Å². The summed E-state index contributed by atoms with van der Waals surface area (Å²) in [4.78, 5) is 26.4. The van der Waals surface area contributed by atoms with Crippen molar-refractivity contribution >= 4 is 46.6 Å². The average Bonchev–Trinajstić information content (AvgIpc) is 2.73. The fraction of sp³-hybridized carbons (Fsp3) is 0.231. The number of thioether (sulfide) groups is 1. The van der Waals surface area contributed by atoms with E-state index in [-0.39, 0.29) is 17.2 Å². The average molecular weight is 467 g/mol. The number of amides is 2. The maximum absolute atomic E-state index is 13.2. The summed E-state index contributed by atoms with van der Waals surface area (Å²) in [5.41, 5.74) is 2.07. The summed E-state index contributed by atoms with van der Waals surface area (Å²) in [6.45, 7) is 6.09. The van der Waals surface area contributed by atoms with Gasteiger partial charge in [0.1, 0.15) is 5.25 Å². The van der Waals surface area contributed by atoms with Gasteiger partial charge in [0.25, 0.3) is 0 Å². The van der Waals surface area contributed by atoms with Crippen LogP contribution in [-0.4, -0.2) is 11.8 Å². The van der Waals surface area contributed by atoms with Crippen LogP contribution in [0.25, 0.3) is 0 Å². The molecule has 1 atom stereocenters. The maximum Gasteiger partial charge on any atom is 0.242 e. The summed E-state index contributed by atoms with van der Waals surface area (Å²) in [6, 6.07) is 24.3. The van der Waals surface area contributed by atoms with Crippen molar-refractivity contribution in [1.82, 2.24) is 0 Å². The highest BCUT2D eigenvalue weighted by molar-refractivity contribution is 8.00. The molecule has 0 radical (unpaired) electrons. The topological polar surface area (TPSA) is 58.2 Å². The fourth-order valence-electron chi connectivity index (χ4n) is 3.13. The van der Waals surface area contributed by atoms with Gasteiger partial charge in [-0.2, -0.15) is 0 Å². The first kappa shape index (κ1) is 23.9. The van der Waals surface area contributed by atoms with E-state index in [1.54, 1.807) is 12.1 Å². The third-order valence-electron chi connectivity index (χ3n) is 4.53. The molecule has 0 aromatic heterocycles. The SMILES string of the molecule is CC(C)(C)CC(=O)Nc1cccc(SC(C(=O)Nc2ccccc2Cl)c2ccccc2)c1. The summed E-state index contributed by atoms with van der Waals surface area (Å²) in [6.07, 6.45) is 0.428. The van der Waals surface area contributed by atoms with E-state index in [1.165, 1.54) is 11.8 Å². The second-order valence-electron chi connectivity index (χ2n) is 8.69. The minimum atomic E-state index is -0.493. The molecule has 0 heterocycles. The van der Waals surface area contributed by atoms with Gasteiger partial charge < -0.3 is 10.6 Å². The van der Waals surface area contributed by atoms with Crippen LogP contribution in [-0.2, 0) is 9.59 Å². The van der Waals surface area contributed by atoms with Crippen LogP contribution >= 0.6 is 23.4 Å². The first-order valence-electron chi connectivity index (χ1n) is 10.4. The van der Waals surface area contributed by atoms with Crippen molar-refractivity contribution in [3.05, 3.63) is 89.4 Å². The number of hydrogen-bond acceptors (Lipinski definition) is 3. The monoisotopic (exact) mass is 466 g/mol. The lowest BCUT2D eigenvalue weighted by atomic mass is 9.92. The molecule has 6 heteroatoms. The molecule has 32 heavy (non-hydrogen) atoms. The van der Waals surface area contributed by atoms with Gasteiger partial charge in [-0.05, 0) is 41.3 Å². The minimum Gasteiger partial charge on any atom is -0.326 e. The quantitative estimate of drug-likeness (QED) is 0.362. The lowest BCUT2D eigenvalue weighted by molar-refractivity contribution is -0.118. The van der Waals surface area contributed by atoms with Gasteiger partial charge in [0, 0.05) is 17.0 Å². The van der Waals surface area contributed by atoms with Crippen LogP contribution in [0.4, 0.5) is 11.4 Å². The molecular weight excluding hydrogens is 440 g/mol. The zero-order valence-electron chi connectivity index (χ0n) is 18.4. The summed E-state index contributed by atoms with van der Waals surface area (Å²) >= 11 is 7.66. The van der Waals surface area contributed by atoms with Gasteiger partial charge in [0.15, 0.2) is 0 Å². The number of hydrogen-bond donors (Lipinski definition) is 2. The molecule has 0 aliphatic heterocycles. The summed E-state index contributed by atoms with van der Waals surface area (Å²) in [7, 11) is 0. The molecule has 3 rings (SSSR count). The number of nitrogens with one attached hydrogen (secondary N) is 2. The van der Waals surface area contributed by atoms with Gasteiger partial charge in [-0.25, -0.2) is 0 Å². The Labute approximate surface area is 198 Å². The lowest BCUT2D eigenvalue weighted by Crippen LogP contribution is -2.20. The largest absolute Gasteiger partial charge is 0.326 e. The van der Waals surface area contributed by atoms with E-state index < -0.39 is 5.25 Å². The van der Waals surface area contributed by atoms with Crippen LogP contribution < -0.4 is 10.6 Å². The van der Waals surface area contributed by atoms with Crippen LogP contribution in [0.1, 0.15) is 38.0 Å². The van der Waals surface area contributed by atoms with Gasteiger partial charge in [0.05, 0.1) is 10.7 Å². The van der Waals surface area contributed by atoms with Crippen molar-refractivity contribution in [2.45, 2.75) is 37.3 Å². The number of benzene rings is 3. The zero-order valence-corrected chi connectivity index (χ0v) is 20.0.